The molecule has 0 bridgehead atoms. The molecule has 0 spiro atoms. The molecule has 0 aromatic carbocycles. The summed E-state index contributed by atoms with van der Waals surface area (Å²) in [4.78, 5) is 14.2. The van der Waals surface area contributed by atoms with Gasteiger partial charge in [-0.15, -0.1) is 0 Å². The minimum Gasteiger partial charge on any atom is -0.444 e. The van der Waals surface area contributed by atoms with Crippen LogP contribution in [0.15, 0.2) is 0 Å². The number of fused-ring (bicyclic) bond motifs is 1. The zero-order valence-electron chi connectivity index (χ0n) is 13.3. The molecule has 1 heterocycles. The summed E-state index contributed by atoms with van der Waals surface area (Å²) in [5.74, 6) is 0.713. The monoisotopic (exact) mass is 278 g/mol. The van der Waals surface area contributed by atoms with Crippen molar-refractivity contribution < 1.29 is 9.53 Å². The lowest BCUT2D eigenvalue weighted by atomic mass is 9.72. The van der Waals surface area contributed by atoms with Gasteiger partial charge in [0, 0.05) is 5.54 Å². The molecule has 4 heteroatoms. The van der Waals surface area contributed by atoms with Crippen LogP contribution in [0.5, 0.6) is 0 Å². The summed E-state index contributed by atoms with van der Waals surface area (Å²) in [7, 11) is 0. The van der Waals surface area contributed by atoms with Gasteiger partial charge in [-0.2, -0.15) is 5.26 Å². The van der Waals surface area contributed by atoms with Crippen molar-refractivity contribution in [2.75, 3.05) is 0 Å². The van der Waals surface area contributed by atoms with Crippen molar-refractivity contribution in [3.05, 3.63) is 0 Å². The van der Waals surface area contributed by atoms with Crippen LogP contribution in [0, 0.1) is 23.2 Å². The molecule has 0 radical (unpaired) electrons. The molecule has 20 heavy (non-hydrogen) atoms. The number of likely N-dealkylation sites (tertiary alicyclic amines) is 1. The van der Waals surface area contributed by atoms with Gasteiger partial charge in [-0.1, -0.05) is 12.8 Å². The van der Waals surface area contributed by atoms with Crippen LogP contribution in [0.3, 0.4) is 0 Å². The van der Waals surface area contributed by atoms with Crippen molar-refractivity contribution in [2.24, 2.45) is 11.8 Å². The van der Waals surface area contributed by atoms with Gasteiger partial charge in [0.1, 0.15) is 11.6 Å². The zero-order chi connectivity index (χ0) is 15.1. The molecule has 1 aliphatic carbocycles. The van der Waals surface area contributed by atoms with Gasteiger partial charge in [-0.3, -0.25) is 4.90 Å². The van der Waals surface area contributed by atoms with Crippen LogP contribution < -0.4 is 0 Å². The molecule has 0 unspecified atom stereocenters. The molecule has 4 nitrogen and oxygen atoms in total. The number of rotatable bonds is 0. The highest BCUT2D eigenvalue weighted by molar-refractivity contribution is 5.71. The highest BCUT2D eigenvalue weighted by atomic mass is 16.6. The summed E-state index contributed by atoms with van der Waals surface area (Å²) in [5.41, 5.74) is -0.825. The normalized spacial score (nSPS) is 32.4. The third-order valence-corrected chi connectivity index (χ3v) is 4.75. The highest BCUT2D eigenvalue weighted by Gasteiger charge is 2.57. The van der Waals surface area contributed by atoms with E-state index in [2.05, 4.69) is 19.9 Å². The molecule has 1 saturated heterocycles. The maximum absolute atomic E-state index is 12.5. The average molecular weight is 278 g/mol. The first-order valence-corrected chi connectivity index (χ1v) is 7.60. The maximum Gasteiger partial charge on any atom is 0.411 e. The number of nitrogens with zero attached hydrogens (tertiary/aromatic N) is 2. The largest absolute Gasteiger partial charge is 0.444 e. The van der Waals surface area contributed by atoms with Crippen molar-refractivity contribution in [3.8, 4) is 6.07 Å². The molecule has 1 saturated carbocycles. The molecular formula is C16H26N2O2. The van der Waals surface area contributed by atoms with Crippen LogP contribution in [0.25, 0.3) is 0 Å². The molecule has 2 aliphatic rings. The van der Waals surface area contributed by atoms with E-state index in [1.54, 1.807) is 4.90 Å². The van der Waals surface area contributed by atoms with E-state index < -0.39 is 5.60 Å². The number of nitriles is 1. The Kier molecular flexibility index (Phi) is 3.75. The molecule has 2 fully saturated rings. The second-order valence-electron chi connectivity index (χ2n) is 7.63. The van der Waals surface area contributed by atoms with E-state index in [0.717, 1.165) is 19.3 Å². The number of ether oxygens (including phenoxy) is 1. The lowest BCUT2D eigenvalue weighted by Crippen LogP contribution is -2.50. The van der Waals surface area contributed by atoms with E-state index in [1.807, 2.05) is 20.8 Å². The van der Waals surface area contributed by atoms with Gasteiger partial charge in [-0.05, 0) is 59.3 Å². The summed E-state index contributed by atoms with van der Waals surface area (Å²) in [5, 5.41) is 9.56. The average Bonchev–Trinajstić information content (AvgIpc) is 2.55. The molecule has 0 aromatic rings. The lowest BCUT2D eigenvalue weighted by molar-refractivity contribution is 0.00381. The predicted octanol–water partition coefficient (Wildman–Crippen LogP) is 3.71. The summed E-state index contributed by atoms with van der Waals surface area (Å²) in [6.45, 7) is 9.75. The summed E-state index contributed by atoms with van der Waals surface area (Å²) in [6.07, 6.45) is 4.17. The SMILES string of the molecule is CC(C)(C)OC(=O)N1[C@H](C#N)[C@@H]2CCCC[C@H]2C1(C)C. The van der Waals surface area contributed by atoms with Gasteiger partial charge >= 0.3 is 6.09 Å². The van der Waals surface area contributed by atoms with E-state index in [9.17, 15) is 10.1 Å². The van der Waals surface area contributed by atoms with E-state index in [0.29, 0.717) is 11.8 Å². The molecule has 112 valence electrons. The fraction of sp³-hybridized carbons (Fsp3) is 0.875. The first-order chi connectivity index (χ1) is 9.18. The van der Waals surface area contributed by atoms with Crippen LogP contribution in [-0.4, -0.2) is 28.2 Å². The van der Waals surface area contributed by atoms with Crippen molar-refractivity contribution in [2.45, 2.75) is 77.5 Å². The maximum atomic E-state index is 12.5. The van der Waals surface area contributed by atoms with E-state index in [-0.39, 0.29) is 17.7 Å². The topological polar surface area (TPSA) is 53.3 Å². The van der Waals surface area contributed by atoms with Gasteiger partial charge in [0.25, 0.3) is 0 Å². The minimum absolute atomic E-state index is 0.298. The van der Waals surface area contributed by atoms with Gasteiger partial charge in [0.05, 0.1) is 6.07 Å². The number of carbonyl (C=O) groups is 1. The van der Waals surface area contributed by atoms with Crippen LogP contribution >= 0.6 is 0 Å². The van der Waals surface area contributed by atoms with E-state index >= 15 is 0 Å². The first kappa shape index (κ1) is 15.2. The van der Waals surface area contributed by atoms with Crippen LogP contribution in [0.4, 0.5) is 4.79 Å². The molecule has 0 aromatic heterocycles. The second-order valence-corrected chi connectivity index (χ2v) is 7.63. The van der Waals surface area contributed by atoms with Crippen molar-refractivity contribution in [1.82, 2.24) is 4.90 Å². The quantitative estimate of drug-likeness (QED) is 0.678. The fourth-order valence-electron chi connectivity index (χ4n) is 3.96. The molecular weight excluding hydrogens is 252 g/mol. The van der Waals surface area contributed by atoms with Crippen LogP contribution in [-0.2, 0) is 4.74 Å². The summed E-state index contributed by atoms with van der Waals surface area (Å²) < 4.78 is 5.53. The summed E-state index contributed by atoms with van der Waals surface area (Å²) >= 11 is 0. The van der Waals surface area contributed by atoms with Gasteiger partial charge in [-0.25, -0.2) is 4.79 Å². The zero-order valence-corrected chi connectivity index (χ0v) is 13.3. The smallest absolute Gasteiger partial charge is 0.411 e. The lowest BCUT2D eigenvalue weighted by Gasteiger charge is -2.38. The molecule has 0 N–H and O–H groups in total. The fourth-order valence-corrected chi connectivity index (χ4v) is 3.96. The molecule has 3 atom stereocenters. The van der Waals surface area contributed by atoms with Crippen molar-refractivity contribution in [3.63, 3.8) is 0 Å². The number of carbonyl (C=O) groups excluding carboxylic acids is 1. The third-order valence-electron chi connectivity index (χ3n) is 4.75. The van der Waals surface area contributed by atoms with Crippen LogP contribution in [0.2, 0.25) is 0 Å². The Balaban J connectivity index is 2.30. The first-order valence-electron chi connectivity index (χ1n) is 7.60. The number of hydrogen-bond donors (Lipinski definition) is 0. The second kappa shape index (κ2) is 4.95. The van der Waals surface area contributed by atoms with Crippen molar-refractivity contribution in [1.29, 1.82) is 5.26 Å². The third kappa shape index (κ3) is 2.51. The Hall–Kier alpha value is -1.24. The van der Waals surface area contributed by atoms with Crippen molar-refractivity contribution >= 4 is 6.09 Å². The molecule has 1 aliphatic heterocycles. The van der Waals surface area contributed by atoms with Gasteiger partial charge in [0.15, 0.2) is 0 Å². The Morgan fingerprint density at radius 1 is 1.30 bits per heavy atom. The minimum atomic E-state index is -0.527. The van der Waals surface area contributed by atoms with E-state index in [1.165, 1.54) is 6.42 Å². The number of hydrogen-bond acceptors (Lipinski definition) is 3. The van der Waals surface area contributed by atoms with E-state index in [4.69, 9.17) is 4.74 Å². The van der Waals surface area contributed by atoms with Gasteiger partial charge < -0.3 is 4.74 Å². The van der Waals surface area contributed by atoms with Crippen LogP contribution in [0.1, 0.15) is 60.3 Å². The Labute approximate surface area is 122 Å². The molecule has 2 rings (SSSR count). The Morgan fingerprint density at radius 2 is 1.90 bits per heavy atom. The highest BCUT2D eigenvalue weighted by Crippen LogP contribution is 2.50. The Morgan fingerprint density at radius 3 is 2.45 bits per heavy atom. The number of amides is 1. The summed E-state index contributed by atoms with van der Waals surface area (Å²) in [6, 6.07) is 2.02. The molecule has 1 amide bonds. The predicted molar refractivity (Wildman–Crippen MR) is 77.0 cm³/mol. The standard InChI is InChI=1S/C16H26N2O2/c1-15(2,3)20-14(19)18-13(10-17)11-8-6-7-9-12(11)16(18,4)5/h11-13H,6-9H2,1-5H3/t11-,12-,13-/m1/s1. The van der Waals surface area contributed by atoms with Gasteiger partial charge in [0.2, 0.25) is 0 Å². The Bertz CT molecular complexity index is 431.